The zero-order chi connectivity index (χ0) is 14.7. The average molecular weight is 284 g/mol. The van der Waals surface area contributed by atoms with Crippen molar-refractivity contribution < 1.29 is 0 Å². The summed E-state index contributed by atoms with van der Waals surface area (Å²) in [6, 6.07) is 8.30. The first-order valence-corrected chi connectivity index (χ1v) is 7.06. The maximum absolute atomic E-state index is 9.09. The van der Waals surface area contributed by atoms with Gasteiger partial charge in [0, 0.05) is 16.8 Å². The number of nitriles is 1. The van der Waals surface area contributed by atoms with Crippen molar-refractivity contribution in [1.82, 2.24) is 4.98 Å². The van der Waals surface area contributed by atoms with Gasteiger partial charge < -0.3 is 11.1 Å². The largest absolute Gasteiger partial charge is 0.401 e. The van der Waals surface area contributed by atoms with Crippen LogP contribution in [0.25, 0.3) is 5.57 Å². The molecule has 0 aliphatic rings. The van der Waals surface area contributed by atoms with Gasteiger partial charge in [-0.05, 0) is 38.0 Å². The van der Waals surface area contributed by atoms with Crippen LogP contribution in [0.15, 0.2) is 29.3 Å². The Balaban J connectivity index is 2.29. The van der Waals surface area contributed by atoms with E-state index in [0.29, 0.717) is 17.0 Å². The van der Waals surface area contributed by atoms with Crippen molar-refractivity contribution in [2.24, 2.45) is 5.73 Å². The highest BCUT2D eigenvalue weighted by Crippen LogP contribution is 2.27. The predicted octanol–water partition coefficient (Wildman–Crippen LogP) is 3.72. The van der Waals surface area contributed by atoms with E-state index >= 15 is 0 Å². The summed E-state index contributed by atoms with van der Waals surface area (Å²) in [5, 5.41) is 15.0. The van der Waals surface area contributed by atoms with Crippen LogP contribution in [-0.4, -0.2) is 4.98 Å². The summed E-state index contributed by atoms with van der Waals surface area (Å²) in [6.45, 7) is 5.79. The molecule has 0 fully saturated rings. The number of nitrogens with zero attached hydrogens (tertiary/aromatic N) is 2. The summed E-state index contributed by atoms with van der Waals surface area (Å²) in [4.78, 5) is 4.42. The third-order valence-electron chi connectivity index (χ3n) is 2.90. The van der Waals surface area contributed by atoms with E-state index in [2.05, 4.69) is 34.6 Å². The second-order valence-electron chi connectivity index (χ2n) is 4.65. The molecule has 0 aliphatic heterocycles. The molecule has 2 aromatic rings. The maximum atomic E-state index is 9.09. The number of nitrogens with one attached hydrogen (secondary N) is 1. The number of allylic oxidation sites excluding steroid dienone is 2. The number of hydrogen-bond donors (Lipinski definition) is 2. The first kappa shape index (κ1) is 14.1. The quantitative estimate of drug-likeness (QED) is 0.842. The van der Waals surface area contributed by atoms with Crippen LogP contribution >= 0.6 is 11.3 Å². The summed E-state index contributed by atoms with van der Waals surface area (Å²) in [5.74, 6) is 0. The number of aryl methyl sites for hydroxylation is 2. The second-order valence-corrected chi connectivity index (χ2v) is 5.51. The lowest BCUT2D eigenvalue weighted by atomic mass is 10.1. The standard InChI is InChI=1S/C15H16N4S/c1-9-4-5-10(2)13(6-9)18-15-19-14(8-20-15)12(7-16)11(3)17/h4-6,8H,17H2,1-3H3,(H,18,19)/b12-11-. The molecule has 1 aromatic heterocycles. The van der Waals surface area contributed by atoms with Crippen molar-refractivity contribution in [3.05, 3.63) is 46.1 Å². The van der Waals surface area contributed by atoms with Gasteiger partial charge in [-0.2, -0.15) is 5.26 Å². The molecule has 102 valence electrons. The lowest BCUT2D eigenvalue weighted by molar-refractivity contribution is 1.27. The van der Waals surface area contributed by atoms with Crippen LogP contribution in [-0.2, 0) is 0 Å². The van der Waals surface area contributed by atoms with Crippen molar-refractivity contribution in [3.63, 3.8) is 0 Å². The van der Waals surface area contributed by atoms with Gasteiger partial charge in [-0.1, -0.05) is 12.1 Å². The van der Waals surface area contributed by atoms with E-state index in [0.717, 1.165) is 16.4 Å². The van der Waals surface area contributed by atoms with Crippen LogP contribution in [0.3, 0.4) is 0 Å². The molecule has 5 heteroatoms. The van der Waals surface area contributed by atoms with Crippen molar-refractivity contribution in [1.29, 1.82) is 5.26 Å². The molecule has 20 heavy (non-hydrogen) atoms. The first-order chi connectivity index (χ1) is 9.51. The number of rotatable bonds is 3. The second kappa shape index (κ2) is 5.76. The zero-order valence-electron chi connectivity index (χ0n) is 11.7. The van der Waals surface area contributed by atoms with Crippen molar-refractivity contribution in [3.8, 4) is 6.07 Å². The predicted molar refractivity (Wildman–Crippen MR) is 83.7 cm³/mol. The smallest absolute Gasteiger partial charge is 0.187 e. The van der Waals surface area contributed by atoms with Gasteiger partial charge in [0.2, 0.25) is 0 Å². The van der Waals surface area contributed by atoms with Crippen LogP contribution in [0.1, 0.15) is 23.7 Å². The molecule has 1 aromatic carbocycles. The highest BCUT2D eigenvalue weighted by molar-refractivity contribution is 7.13. The third kappa shape index (κ3) is 2.98. The minimum Gasteiger partial charge on any atom is -0.401 e. The lowest BCUT2D eigenvalue weighted by Crippen LogP contribution is -1.97. The Hall–Kier alpha value is -2.32. The Morgan fingerprint density at radius 2 is 2.15 bits per heavy atom. The summed E-state index contributed by atoms with van der Waals surface area (Å²) in [5.41, 5.74) is 10.6. The van der Waals surface area contributed by atoms with Gasteiger partial charge >= 0.3 is 0 Å². The Morgan fingerprint density at radius 1 is 1.40 bits per heavy atom. The molecule has 0 saturated carbocycles. The van der Waals surface area contributed by atoms with Crippen LogP contribution in [0.5, 0.6) is 0 Å². The molecule has 0 atom stereocenters. The topological polar surface area (TPSA) is 74.7 Å². The monoisotopic (exact) mass is 284 g/mol. The maximum Gasteiger partial charge on any atom is 0.187 e. The minimum absolute atomic E-state index is 0.426. The molecule has 0 radical (unpaired) electrons. The molecule has 0 aliphatic carbocycles. The normalized spacial score (nSPS) is 11.7. The van der Waals surface area contributed by atoms with Gasteiger partial charge in [0.1, 0.15) is 6.07 Å². The van der Waals surface area contributed by atoms with E-state index in [9.17, 15) is 0 Å². The SMILES string of the molecule is C/C(N)=C(\C#N)c1csc(Nc2cc(C)ccc2C)n1. The molecule has 0 spiro atoms. The van der Waals surface area contributed by atoms with Gasteiger partial charge in [-0.25, -0.2) is 4.98 Å². The lowest BCUT2D eigenvalue weighted by Gasteiger charge is -2.07. The molecule has 2 rings (SSSR count). The van der Waals surface area contributed by atoms with Gasteiger partial charge in [-0.15, -0.1) is 11.3 Å². The Bertz CT molecular complexity index is 703. The summed E-state index contributed by atoms with van der Waals surface area (Å²) in [6.07, 6.45) is 0. The van der Waals surface area contributed by atoms with Crippen molar-refractivity contribution in [2.75, 3.05) is 5.32 Å². The Morgan fingerprint density at radius 3 is 2.80 bits per heavy atom. The van der Waals surface area contributed by atoms with Crippen LogP contribution in [0, 0.1) is 25.2 Å². The summed E-state index contributed by atoms with van der Waals surface area (Å²) < 4.78 is 0. The molecule has 0 amide bonds. The fourth-order valence-electron chi connectivity index (χ4n) is 1.78. The molecular formula is C15H16N4S. The Kier molecular flexibility index (Phi) is 4.06. The zero-order valence-corrected chi connectivity index (χ0v) is 12.5. The molecule has 4 nitrogen and oxygen atoms in total. The molecular weight excluding hydrogens is 268 g/mol. The Labute approximate surface area is 122 Å². The van der Waals surface area contributed by atoms with Crippen LogP contribution in [0.4, 0.5) is 10.8 Å². The molecule has 0 bridgehead atoms. The van der Waals surface area contributed by atoms with Gasteiger partial charge in [0.25, 0.3) is 0 Å². The van der Waals surface area contributed by atoms with E-state index in [-0.39, 0.29) is 0 Å². The fraction of sp³-hybridized carbons (Fsp3) is 0.200. The fourth-order valence-corrected chi connectivity index (χ4v) is 2.49. The average Bonchev–Trinajstić information content (AvgIpc) is 2.82. The number of benzene rings is 1. The van der Waals surface area contributed by atoms with E-state index in [4.69, 9.17) is 11.0 Å². The van der Waals surface area contributed by atoms with Crippen LogP contribution in [0.2, 0.25) is 0 Å². The summed E-state index contributed by atoms with van der Waals surface area (Å²) >= 11 is 1.46. The number of thiazole rings is 1. The number of aromatic nitrogens is 1. The highest BCUT2D eigenvalue weighted by atomic mass is 32.1. The van der Waals surface area contributed by atoms with E-state index in [1.807, 2.05) is 19.2 Å². The molecule has 1 heterocycles. The number of nitrogens with two attached hydrogens (primary N) is 1. The van der Waals surface area contributed by atoms with Crippen molar-refractivity contribution >= 4 is 27.7 Å². The van der Waals surface area contributed by atoms with Gasteiger partial charge in [0.15, 0.2) is 5.13 Å². The van der Waals surface area contributed by atoms with Gasteiger partial charge in [0.05, 0.1) is 11.3 Å². The van der Waals surface area contributed by atoms with Crippen molar-refractivity contribution in [2.45, 2.75) is 20.8 Å². The molecule has 0 saturated heterocycles. The molecule has 3 N–H and O–H groups in total. The highest BCUT2D eigenvalue weighted by Gasteiger charge is 2.09. The number of anilines is 2. The van der Waals surface area contributed by atoms with E-state index in [1.165, 1.54) is 16.9 Å². The molecule has 0 unspecified atom stereocenters. The van der Waals surface area contributed by atoms with Gasteiger partial charge in [-0.3, -0.25) is 0 Å². The van der Waals surface area contributed by atoms with E-state index in [1.54, 1.807) is 6.92 Å². The third-order valence-corrected chi connectivity index (χ3v) is 3.66. The van der Waals surface area contributed by atoms with Crippen LogP contribution < -0.4 is 11.1 Å². The number of hydrogen-bond acceptors (Lipinski definition) is 5. The minimum atomic E-state index is 0.426. The first-order valence-electron chi connectivity index (χ1n) is 6.18. The summed E-state index contributed by atoms with van der Waals surface area (Å²) in [7, 11) is 0. The van der Waals surface area contributed by atoms with E-state index < -0.39 is 0 Å².